The zero-order valence-corrected chi connectivity index (χ0v) is 16.4. The van der Waals surface area contributed by atoms with Crippen LogP contribution in [-0.2, 0) is 27.9 Å². The monoisotopic (exact) mass is 362 g/mol. The Kier molecular flexibility index (Phi) is 17.1. The summed E-state index contributed by atoms with van der Waals surface area (Å²) < 4.78 is 30.7. The zero-order chi connectivity index (χ0) is 18.9. The number of nitrogens with one attached hydrogen (secondary N) is 3. The molecular weight excluding hydrogens is 329 g/mol. The van der Waals surface area contributed by atoms with Crippen LogP contribution >= 0.6 is 0 Å². The minimum Gasteiger partial charge on any atom is -0.400 e. The summed E-state index contributed by atoms with van der Waals surface area (Å²) in [6, 6.07) is 0. The van der Waals surface area contributed by atoms with Crippen molar-refractivity contribution in [2.75, 3.05) is 81.9 Å². The molecule has 0 heterocycles. The van der Waals surface area contributed by atoms with Crippen molar-refractivity contribution in [2.24, 2.45) is 0 Å². The fourth-order valence-corrected chi connectivity index (χ4v) is 2.15. The third-order valence-electron chi connectivity index (χ3n) is 3.50. The van der Waals surface area contributed by atoms with Gasteiger partial charge in [0.05, 0.1) is 0 Å². The van der Waals surface area contributed by atoms with Gasteiger partial charge < -0.3 is 43.6 Å². The first-order valence-electron chi connectivity index (χ1n) is 8.24. The first-order chi connectivity index (χ1) is 12.1. The number of hydrogen-bond donors (Lipinski definition) is 3. The van der Waals surface area contributed by atoms with Crippen LogP contribution in [0.3, 0.4) is 0 Å². The minimum atomic E-state index is -0.407. The molecule has 0 amide bonds. The van der Waals surface area contributed by atoms with Gasteiger partial charge in [0.25, 0.3) is 0 Å². The topological polar surface area (TPSA) is 94.7 Å². The summed E-state index contributed by atoms with van der Waals surface area (Å²) >= 11 is 0. The smallest absolute Gasteiger partial charge is 0.400 e. The van der Waals surface area contributed by atoms with Crippen LogP contribution in [-0.4, -0.2) is 109 Å². The highest BCUT2D eigenvalue weighted by Crippen LogP contribution is 1.89. The molecule has 0 rings (SSSR count). The van der Waals surface area contributed by atoms with E-state index < -0.39 is 21.8 Å². The predicted molar refractivity (Wildman–Crippen MR) is 99.8 cm³/mol. The molecule has 0 atom stereocenters. The molecular formula is C12H33B3N4O6. The van der Waals surface area contributed by atoms with E-state index in [4.69, 9.17) is 27.9 Å². The van der Waals surface area contributed by atoms with Crippen molar-refractivity contribution in [3.8, 4) is 0 Å². The molecule has 0 aromatic rings. The molecule has 13 heteroatoms. The molecule has 10 nitrogen and oxygen atoms in total. The van der Waals surface area contributed by atoms with Crippen molar-refractivity contribution in [1.29, 1.82) is 0 Å². The van der Waals surface area contributed by atoms with Gasteiger partial charge in [0.2, 0.25) is 0 Å². The van der Waals surface area contributed by atoms with E-state index in [0.717, 1.165) is 39.3 Å². The highest BCUT2D eigenvalue weighted by molar-refractivity contribution is 6.41. The van der Waals surface area contributed by atoms with Gasteiger partial charge in [-0.05, 0) is 0 Å². The van der Waals surface area contributed by atoms with Gasteiger partial charge in [-0.25, -0.2) is 0 Å². The first-order valence-corrected chi connectivity index (χ1v) is 8.24. The Balaban J connectivity index is 4.24. The third-order valence-corrected chi connectivity index (χ3v) is 3.50. The molecule has 0 saturated heterocycles. The lowest BCUT2D eigenvalue weighted by molar-refractivity contribution is 0.237. The lowest BCUT2D eigenvalue weighted by Crippen LogP contribution is -2.48. The van der Waals surface area contributed by atoms with E-state index >= 15 is 0 Å². The van der Waals surface area contributed by atoms with E-state index in [-0.39, 0.29) is 0 Å². The van der Waals surface area contributed by atoms with Crippen molar-refractivity contribution < 1.29 is 27.9 Å². The molecule has 0 fully saturated rings. The normalized spacial score (nSPS) is 11.2. The second-order valence-electron chi connectivity index (χ2n) is 5.11. The summed E-state index contributed by atoms with van der Waals surface area (Å²) in [4.78, 5) is 2.28. The van der Waals surface area contributed by atoms with Gasteiger partial charge >= 0.3 is 21.8 Å². The van der Waals surface area contributed by atoms with Crippen molar-refractivity contribution in [3.63, 3.8) is 0 Å². The Morgan fingerprint density at radius 3 is 0.960 bits per heavy atom. The molecule has 3 N–H and O–H groups in total. The Morgan fingerprint density at radius 2 is 0.760 bits per heavy atom. The molecule has 0 aliphatic rings. The van der Waals surface area contributed by atoms with Gasteiger partial charge in [0.15, 0.2) is 0 Å². The van der Waals surface area contributed by atoms with E-state index in [0.29, 0.717) is 0 Å². The number of rotatable bonds is 18. The number of hydrogen-bond acceptors (Lipinski definition) is 10. The van der Waals surface area contributed by atoms with Gasteiger partial charge in [0.1, 0.15) is 0 Å². The maximum absolute atomic E-state index is 5.12. The van der Waals surface area contributed by atoms with Gasteiger partial charge in [-0.15, -0.1) is 0 Å². The second-order valence-corrected chi connectivity index (χ2v) is 5.11. The van der Waals surface area contributed by atoms with Crippen molar-refractivity contribution >= 4 is 21.8 Å². The van der Waals surface area contributed by atoms with E-state index in [9.17, 15) is 0 Å². The fraction of sp³-hybridized carbons (Fsp3) is 1.00. The van der Waals surface area contributed by atoms with E-state index in [1.54, 1.807) is 42.7 Å². The fourth-order valence-electron chi connectivity index (χ4n) is 2.15. The summed E-state index contributed by atoms with van der Waals surface area (Å²) in [7, 11) is 8.35. The molecule has 25 heavy (non-hydrogen) atoms. The largest absolute Gasteiger partial charge is 0.554 e. The summed E-state index contributed by atoms with van der Waals surface area (Å²) in [6.07, 6.45) is 0. The molecule has 146 valence electrons. The molecule has 0 aromatic heterocycles. The van der Waals surface area contributed by atoms with Crippen LogP contribution in [0.4, 0.5) is 0 Å². The Morgan fingerprint density at radius 1 is 0.520 bits per heavy atom. The Hall–Kier alpha value is -0.205. The van der Waals surface area contributed by atoms with Crippen LogP contribution in [0.5, 0.6) is 0 Å². The highest BCUT2D eigenvalue weighted by Gasteiger charge is 2.18. The third kappa shape index (κ3) is 12.7. The van der Waals surface area contributed by atoms with Crippen molar-refractivity contribution in [1.82, 2.24) is 20.6 Å². The average molecular weight is 362 g/mol. The summed E-state index contributed by atoms with van der Waals surface area (Å²) in [5.74, 6) is 0. The maximum atomic E-state index is 5.12. The quantitative estimate of drug-likeness (QED) is 0.235. The zero-order valence-electron chi connectivity index (χ0n) is 16.4. The second kappa shape index (κ2) is 17.2. The molecule has 0 bridgehead atoms. The van der Waals surface area contributed by atoms with Gasteiger partial charge in [-0.3, -0.25) is 4.90 Å². The molecule has 0 aromatic carbocycles. The standard InChI is InChI=1S/C12H33B3N4O6/c1-20-13(21-2)16-7-10-19(11-8-17-14(22-3)23-4)12-9-18-15(24-5)25-6/h16-18H,7-12H2,1-6H3. The van der Waals surface area contributed by atoms with Crippen LogP contribution in [0.25, 0.3) is 0 Å². The molecule has 0 aliphatic heterocycles. The minimum absolute atomic E-state index is 0.407. The van der Waals surface area contributed by atoms with E-state index in [2.05, 4.69) is 20.6 Å². The van der Waals surface area contributed by atoms with Crippen LogP contribution in [0, 0.1) is 0 Å². The van der Waals surface area contributed by atoms with Gasteiger partial charge in [0, 0.05) is 81.9 Å². The SMILES string of the molecule is COB(NCCN(CCNB(OC)OC)CCNB(OC)OC)OC. The maximum Gasteiger partial charge on any atom is 0.554 e. The molecule has 0 spiro atoms. The van der Waals surface area contributed by atoms with Crippen LogP contribution < -0.4 is 15.7 Å². The molecule has 0 saturated carbocycles. The number of nitrogens with zero attached hydrogens (tertiary/aromatic N) is 1. The van der Waals surface area contributed by atoms with Gasteiger partial charge in [-0.2, -0.15) is 0 Å². The van der Waals surface area contributed by atoms with Crippen LogP contribution in [0.2, 0.25) is 0 Å². The first kappa shape index (κ1) is 24.8. The van der Waals surface area contributed by atoms with E-state index in [1.165, 1.54) is 0 Å². The lowest BCUT2D eigenvalue weighted by atomic mass is 10.1. The molecule has 0 aliphatic carbocycles. The van der Waals surface area contributed by atoms with Crippen LogP contribution in [0.15, 0.2) is 0 Å². The van der Waals surface area contributed by atoms with Crippen LogP contribution in [0.1, 0.15) is 0 Å². The summed E-state index contributed by atoms with van der Waals surface area (Å²) in [6.45, 7) is 4.64. The summed E-state index contributed by atoms with van der Waals surface area (Å²) in [5, 5.41) is 9.50. The molecule has 0 radical (unpaired) electrons. The van der Waals surface area contributed by atoms with E-state index in [1.807, 2.05) is 0 Å². The highest BCUT2D eigenvalue weighted by atomic mass is 16.6. The Labute approximate surface area is 153 Å². The molecule has 0 unspecified atom stereocenters. The Bertz CT molecular complexity index is 247. The van der Waals surface area contributed by atoms with Gasteiger partial charge in [-0.1, -0.05) is 0 Å². The average Bonchev–Trinajstić information content (AvgIpc) is 2.65. The van der Waals surface area contributed by atoms with Crippen molar-refractivity contribution in [3.05, 3.63) is 0 Å². The lowest BCUT2D eigenvalue weighted by Gasteiger charge is -2.24. The van der Waals surface area contributed by atoms with Crippen molar-refractivity contribution in [2.45, 2.75) is 0 Å². The summed E-state index contributed by atoms with van der Waals surface area (Å²) in [5.41, 5.74) is 0. The predicted octanol–water partition coefficient (Wildman–Crippen LogP) is -2.11.